The summed E-state index contributed by atoms with van der Waals surface area (Å²) in [6.07, 6.45) is 0. The van der Waals surface area contributed by atoms with Gasteiger partial charge in [-0.2, -0.15) is 0 Å². The van der Waals surface area contributed by atoms with E-state index in [1.165, 1.54) is 7.11 Å². The van der Waals surface area contributed by atoms with Crippen LogP contribution in [0.25, 0.3) is 0 Å². The summed E-state index contributed by atoms with van der Waals surface area (Å²) in [6, 6.07) is 7.30. The third kappa shape index (κ3) is 2.90. The average molecular weight is 299 g/mol. The van der Waals surface area contributed by atoms with Crippen molar-refractivity contribution in [2.45, 2.75) is 6.04 Å². The van der Waals surface area contributed by atoms with Crippen LogP contribution in [0.3, 0.4) is 0 Å². The van der Waals surface area contributed by atoms with Crippen LogP contribution in [-0.2, 0) is 0 Å². The first kappa shape index (κ1) is 14.7. The summed E-state index contributed by atoms with van der Waals surface area (Å²) in [5.41, 5.74) is 3.12. The largest absolute Gasteiger partial charge is 0.496 e. The Morgan fingerprint density at radius 3 is 2.55 bits per heavy atom. The molecule has 0 saturated carbocycles. The predicted molar refractivity (Wildman–Crippen MR) is 73.5 cm³/mol. The van der Waals surface area contributed by atoms with Crippen molar-refractivity contribution in [1.29, 1.82) is 0 Å². The van der Waals surface area contributed by atoms with Crippen LogP contribution in [0.5, 0.6) is 5.75 Å². The quantitative estimate of drug-likeness (QED) is 0.673. The fourth-order valence-corrected chi connectivity index (χ4v) is 2.17. The van der Waals surface area contributed by atoms with Crippen molar-refractivity contribution in [2.24, 2.45) is 5.84 Å². The first-order valence-corrected chi connectivity index (χ1v) is 6.19. The van der Waals surface area contributed by atoms with Crippen LogP contribution >= 0.6 is 11.6 Å². The van der Waals surface area contributed by atoms with Crippen molar-refractivity contribution in [3.8, 4) is 5.75 Å². The number of ether oxygens (including phenoxy) is 1. The molecule has 2 aromatic carbocycles. The average Bonchev–Trinajstić information content (AvgIpc) is 2.44. The Kier molecular flexibility index (Phi) is 4.54. The molecule has 106 valence electrons. The molecule has 0 fully saturated rings. The van der Waals surface area contributed by atoms with Crippen LogP contribution < -0.4 is 16.0 Å². The Hall–Kier alpha value is -1.69. The van der Waals surface area contributed by atoms with Crippen LogP contribution in [0.2, 0.25) is 5.02 Å². The standard InChI is InChI=1S/C14H13ClF2N2O/c1-20-13-6-8(15)2-4-10(13)14(19-18)11-7-9(16)3-5-12(11)17/h2-7,14,19H,18H2,1H3. The van der Waals surface area contributed by atoms with Gasteiger partial charge in [-0.3, -0.25) is 5.84 Å². The number of rotatable bonds is 4. The van der Waals surface area contributed by atoms with Gasteiger partial charge in [0.2, 0.25) is 0 Å². The van der Waals surface area contributed by atoms with E-state index in [2.05, 4.69) is 5.43 Å². The van der Waals surface area contributed by atoms with Crippen LogP contribution in [0.4, 0.5) is 8.78 Å². The van der Waals surface area contributed by atoms with Crippen molar-refractivity contribution in [1.82, 2.24) is 5.43 Å². The summed E-state index contributed by atoms with van der Waals surface area (Å²) >= 11 is 5.88. The van der Waals surface area contributed by atoms with Crippen LogP contribution in [-0.4, -0.2) is 7.11 Å². The topological polar surface area (TPSA) is 47.3 Å². The second kappa shape index (κ2) is 6.17. The molecule has 3 N–H and O–H groups in total. The molecule has 6 heteroatoms. The number of hydrogen-bond donors (Lipinski definition) is 2. The van der Waals surface area contributed by atoms with Gasteiger partial charge in [0.25, 0.3) is 0 Å². The maximum absolute atomic E-state index is 13.9. The van der Waals surface area contributed by atoms with Gasteiger partial charge >= 0.3 is 0 Å². The Labute approximate surface area is 120 Å². The number of halogens is 3. The minimum Gasteiger partial charge on any atom is -0.496 e. The van der Waals surface area contributed by atoms with Gasteiger partial charge in [0.15, 0.2) is 0 Å². The van der Waals surface area contributed by atoms with Crippen molar-refractivity contribution in [3.63, 3.8) is 0 Å². The number of nitrogens with two attached hydrogens (primary N) is 1. The van der Waals surface area contributed by atoms with Crippen molar-refractivity contribution in [2.75, 3.05) is 7.11 Å². The fraction of sp³-hybridized carbons (Fsp3) is 0.143. The molecule has 0 heterocycles. The molecule has 1 unspecified atom stereocenters. The summed E-state index contributed by atoms with van der Waals surface area (Å²) in [5, 5.41) is 0.473. The predicted octanol–water partition coefficient (Wildman–Crippen LogP) is 3.18. The Morgan fingerprint density at radius 2 is 1.90 bits per heavy atom. The monoisotopic (exact) mass is 298 g/mol. The van der Waals surface area contributed by atoms with Gasteiger partial charge < -0.3 is 4.74 Å². The molecule has 20 heavy (non-hydrogen) atoms. The highest BCUT2D eigenvalue weighted by molar-refractivity contribution is 6.30. The molecule has 0 aliphatic heterocycles. The van der Waals surface area contributed by atoms with Gasteiger partial charge in [0, 0.05) is 16.1 Å². The van der Waals surface area contributed by atoms with E-state index < -0.39 is 17.7 Å². The van der Waals surface area contributed by atoms with E-state index in [1.807, 2.05) is 0 Å². The van der Waals surface area contributed by atoms with E-state index in [0.29, 0.717) is 16.3 Å². The highest BCUT2D eigenvalue weighted by atomic mass is 35.5. The van der Waals surface area contributed by atoms with Crippen LogP contribution in [0, 0.1) is 11.6 Å². The zero-order chi connectivity index (χ0) is 14.7. The summed E-state index contributed by atoms with van der Waals surface area (Å²) in [5.74, 6) is 4.81. The Morgan fingerprint density at radius 1 is 1.15 bits per heavy atom. The van der Waals surface area contributed by atoms with Crippen molar-refractivity contribution < 1.29 is 13.5 Å². The lowest BCUT2D eigenvalue weighted by Gasteiger charge is -2.20. The number of methoxy groups -OCH3 is 1. The fourth-order valence-electron chi connectivity index (χ4n) is 2.01. The number of benzene rings is 2. The summed E-state index contributed by atoms with van der Waals surface area (Å²) in [7, 11) is 1.46. The molecule has 0 aliphatic rings. The molecule has 1 atom stereocenters. The van der Waals surface area contributed by atoms with E-state index in [4.69, 9.17) is 22.2 Å². The molecular formula is C14H13ClF2N2O. The van der Waals surface area contributed by atoms with Crippen molar-refractivity contribution in [3.05, 3.63) is 64.2 Å². The lowest BCUT2D eigenvalue weighted by molar-refractivity contribution is 0.403. The van der Waals surface area contributed by atoms with Gasteiger partial charge in [0.05, 0.1) is 13.2 Å². The van der Waals surface area contributed by atoms with Gasteiger partial charge in [-0.25, -0.2) is 14.2 Å². The molecular weight excluding hydrogens is 286 g/mol. The first-order valence-electron chi connectivity index (χ1n) is 5.81. The summed E-state index contributed by atoms with van der Waals surface area (Å²) < 4.78 is 32.4. The van der Waals surface area contributed by atoms with E-state index in [-0.39, 0.29) is 5.56 Å². The van der Waals surface area contributed by atoms with Gasteiger partial charge in [-0.1, -0.05) is 17.7 Å². The van der Waals surface area contributed by atoms with E-state index in [1.54, 1.807) is 18.2 Å². The molecule has 0 saturated heterocycles. The van der Waals surface area contributed by atoms with Gasteiger partial charge in [0.1, 0.15) is 17.4 Å². The molecule has 0 bridgehead atoms. The summed E-state index contributed by atoms with van der Waals surface area (Å²) in [6.45, 7) is 0. The highest BCUT2D eigenvalue weighted by Crippen LogP contribution is 2.33. The zero-order valence-corrected chi connectivity index (χ0v) is 11.4. The van der Waals surface area contributed by atoms with Gasteiger partial charge in [-0.15, -0.1) is 0 Å². The molecule has 0 aromatic heterocycles. The number of hydrazine groups is 1. The molecule has 0 radical (unpaired) electrons. The normalized spacial score (nSPS) is 12.2. The number of nitrogens with one attached hydrogen (secondary N) is 1. The van der Waals surface area contributed by atoms with Crippen molar-refractivity contribution >= 4 is 11.6 Å². The minimum atomic E-state index is -0.752. The van der Waals surface area contributed by atoms with E-state index in [9.17, 15) is 8.78 Å². The Bertz CT molecular complexity index is 622. The van der Waals surface area contributed by atoms with E-state index >= 15 is 0 Å². The molecule has 3 nitrogen and oxygen atoms in total. The first-order chi connectivity index (χ1) is 9.56. The molecule has 0 aliphatic carbocycles. The maximum atomic E-state index is 13.9. The highest BCUT2D eigenvalue weighted by Gasteiger charge is 2.21. The minimum absolute atomic E-state index is 0.0909. The molecule has 0 amide bonds. The third-order valence-corrected chi connectivity index (χ3v) is 3.18. The second-order valence-corrected chi connectivity index (χ2v) is 4.59. The summed E-state index contributed by atoms with van der Waals surface area (Å²) in [4.78, 5) is 0. The lowest BCUT2D eigenvalue weighted by Crippen LogP contribution is -2.30. The van der Waals surface area contributed by atoms with Crippen LogP contribution in [0.15, 0.2) is 36.4 Å². The number of hydrogen-bond acceptors (Lipinski definition) is 3. The Balaban J connectivity index is 2.55. The maximum Gasteiger partial charge on any atom is 0.128 e. The SMILES string of the molecule is COc1cc(Cl)ccc1C(NN)c1cc(F)ccc1F. The third-order valence-electron chi connectivity index (χ3n) is 2.94. The smallest absolute Gasteiger partial charge is 0.128 e. The zero-order valence-electron chi connectivity index (χ0n) is 10.7. The van der Waals surface area contributed by atoms with Gasteiger partial charge in [-0.05, 0) is 30.3 Å². The second-order valence-electron chi connectivity index (χ2n) is 4.15. The molecule has 2 aromatic rings. The lowest BCUT2D eigenvalue weighted by atomic mass is 9.98. The van der Waals surface area contributed by atoms with E-state index in [0.717, 1.165) is 18.2 Å². The molecule has 0 spiro atoms. The van der Waals surface area contributed by atoms with Crippen LogP contribution in [0.1, 0.15) is 17.2 Å². The molecule has 2 rings (SSSR count).